The van der Waals surface area contributed by atoms with Crippen molar-refractivity contribution in [3.05, 3.63) is 65.6 Å². The number of amides is 1. The van der Waals surface area contributed by atoms with Gasteiger partial charge in [-0.1, -0.05) is 45.0 Å². The second-order valence-electron chi connectivity index (χ2n) is 8.32. The van der Waals surface area contributed by atoms with Crippen LogP contribution in [0.1, 0.15) is 44.1 Å². The molecule has 2 heterocycles. The van der Waals surface area contributed by atoms with Gasteiger partial charge in [-0.05, 0) is 41.2 Å². The summed E-state index contributed by atoms with van der Waals surface area (Å²) in [6.07, 6.45) is 5.08. The molecule has 1 fully saturated rings. The molecule has 0 spiro atoms. The quantitative estimate of drug-likeness (QED) is 0.715. The van der Waals surface area contributed by atoms with Crippen LogP contribution >= 0.6 is 0 Å². The Morgan fingerprint density at radius 2 is 1.93 bits per heavy atom. The molecule has 28 heavy (non-hydrogen) atoms. The first-order valence-electron chi connectivity index (χ1n) is 9.46. The maximum atomic E-state index is 12.9. The zero-order valence-electron chi connectivity index (χ0n) is 16.6. The van der Waals surface area contributed by atoms with Gasteiger partial charge in [0.25, 0.3) is 0 Å². The fourth-order valence-corrected chi connectivity index (χ4v) is 5.08. The van der Waals surface area contributed by atoms with Crippen LogP contribution in [0.25, 0.3) is 6.08 Å². The second kappa shape index (κ2) is 7.95. The van der Waals surface area contributed by atoms with Gasteiger partial charge >= 0.3 is 0 Å². The Labute approximate surface area is 167 Å². The molecular weight excluding hydrogens is 374 g/mol. The van der Waals surface area contributed by atoms with Gasteiger partial charge in [0.2, 0.25) is 5.91 Å². The molecule has 1 atom stereocenters. The van der Waals surface area contributed by atoms with Crippen molar-refractivity contribution in [2.24, 2.45) is 0 Å². The molecule has 0 bridgehead atoms. The van der Waals surface area contributed by atoms with Crippen LogP contribution in [0.15, 0.2) is 53.2 Å². The minimum Gasteiger partial charge on any atom is -0.465 e. The Bertz CT molecular complexity index is 935. The van der Waals surface area contributed by atoms with Gasteiger partial charge in [0.15, 0.2) is 9.84 Å². The Balaban J connectivity index is 1.81. The zero-order chi connectivity index (χ0) is 20.4. The number of carbonyl (C=O) groups excluding carboxylic acids is 1. The van der Waals surface area contributed by atoms with Gasteiger partial charge in [-0.15, -0.1) is 0 Å². The monoisotopic (exact) mass is 401 g/mol. The van der Waals surface area contributed by atoms with E-state index < -0.39 is 9.84 Å². The maximum absolute atomic E-state index is 12.9. The van der Waals surface area contributed by atoms with E-state index in [2.05, 4.69) is 32.9 Å². The van der Waals surface area contributed by atoms with E-state index in [0.717, 1.165) is 5.56 Å². The molecule has 5 nitrogen and oxygen atoms in total. The standard InChI is InChI=1S/C22H27NO4S/c1-22(2,3)18-8-6-17(7-9-18)15-23(19-12-14-28(25,26)16-19)21(24)11-10-20-5-4-13-27-20/h4-11,13,19H,12,14-16H2,1-3H3/b11-10+/t19-/m1/s1. The van der Waals surface area contributed by atoms with E-state index in [-0.39, 0.29) is 28.9 Å². The van der Waals surface area contributed by atoms with Crippen molar-refractivity contribution in [3.63, 3.8) is 0 Å². The molecule has 0 radical (unpaired) electrons. The van der Waals surface area contributed by atoms with Crippen LogP contribution in [0.4, 0.5) is 0 Å². The summed E-state index contributed by atoms with van der Waals surface area (Å²) in [5.74, 6) is 0.528. The van der Waals surface area contributed by atoms with Gasteiger partial charge in [0.1, 0.15) is 5.76 Å². The SMILES string of the molecule is CC(C)(C)c1ccc(CN(C(=O)/C=C/c2ccco2)[C@@H]2CCS(=O)(=O)C2)cc1. The maximum Gasteiger partial charge on any atom is 0.247 e. The molecule has 1 saturated heterocycles. The van der Waals surface area contributed by atoms with E-state index in [1.807, 2.05) is 12.1 Å². The second-order valence-corrected chi connectivity index (χ2v) is 10.5. The Kier molecular flexibility index (Phi) is 5.79. The van der Waals surface area contributed by atoms with Crippen molar-refractivity contribution in [2.75, 3.05) is 11.5 Å². The van der Waals surface area contributed by atoms with Crippen LogP contribution in [0.5, 0.6) is 0 Å². The summed E-state index contributed by atoms with van der Waals surface area (Å²) in [4.78, 5) is 14.5. The number of rotatable bonds is 5. The normalized spacial score (nSPS) is 19.2. The van der Waals surface area contributed by atoms with E-state index in [9.17, 15) is 13.2 Å². The van der Waals surface area contributed by atoms with Crippen LogP contribution in [-0.4, -0.2) is 36.8 Å². The molecule has 0 N–H and O–H groups in total. The van der Waals surface area contributed by atoms with Crippen molar-refractivity contribution in [3.8, 4) is 0 Å². The molecule has 1 aromatic carbocycles. The van der Waals surface area contributed by atoms with Crippen molar-refractivity contribution < 1.29 is 17.6 Å². The molecule has 1 aromatic heterocycles. The molecule has 3 rings (SSSR count). The molecule has 0 unspecified atom stereocenters. The molecule has 1 amide bonds. The predicted octanol–water partition coefficient (Wildman–Crippen LogP) is 3.81. The van der Waals surface area contributed by atoms with E-state index >= 15 is 0 Å². The highest BCUT2D eigenvalue weighted by Gasteiger charge is 2.34. The third-order valence-corrected chi connectivity index (χ3v) is 6.79. The minimum absolute atomic E-state index is 0.0212. The molecule has 150 valence electrons. The summed E-state index contributed by atoms with van der Waals surface area (Å²) in [5.41, 5.74) is 2.26. The Morgan fingerprint density at radius 3 is 2.46 bits per heavy atom. The van der Waals surface area contributed by atoms with E-state index in [0.29, 0.717) is 18.7 Å². The van der Waals surface area contributed by atoms with Crippen molar-refractivity contribution >= 4 is 21.8 Å². The number of nitrogens with zero attached hydrogens (tertiary/aromatic N) is 1. The highest BCUT2D eigenvalue weighted by Crippen LogP contribution is 2.24. The summed E-state index contributed by atoms with van der Waals surface area (Å²) in [5, 5.41) is 0. The van der Waals surface area contributed by atoms with Crippen molar-refractivity contribution in [1.29, 1.82) is 0 Å². The number of hydrogen-bond acceptors (Lipinski definition) is 4. The van der Waals surface area contributed by atoms with E-state index in [1.165, 1.54) is 11.6 Å². The fourth-order valence-electron chi connectivity index (χ4n) is 3.35. The molecule has 2 aromatic rings. The topological polar surface area (TPSA) is 67.6 Å². The average molecular weight is 402 g/mol. The summed E-state index contributed by atoms with van der Waals surface area (Å²) >= 11 is 0. The summed E-state index contributed by atoms with van der Waals surface area (Å²) in [6.45, 7) is 6.84. The van der Waals surface area contributed by atoms with Gasteiger partial charge in [-0.2, -0.15) is 0 Å². The lowest BCUT2D eigenvalue weighted by atomic mass is 9.86. The lowest BCUT2D eigenvalue weighted by Gasteiger charge is -2.28. The largest absolute Gasteiger partial charge is 0.465 e. The first-order valence-corrected chi connectivity index (χ1v) is 11.3. The number of benzene rings is 1. The zero-order valence-corrected chi connectivity index (χ0v) is 17.4. The van der Waals surface area contributed by atoms with E-state index in [4.69, 9.17) is 4.42 Å². The van der Waals surface area contributed by atoms with E-state index in [1.54, 1.807) is 29.4 Å². The van der Waals surface area contributed by atoms with Gasteiger partial charge < -0.3 is 9.32 Å². The first-order chi connectivity index (χ1) is 13.1. The van der Waals surface area contributed by atoms with Crippen molar-refractivity contribution in [1.82, 2.24) is 4.90 Å². The number of carbonyl (C=O) groups is 1. The van der Waals surface area contributed by atoms with Gasteiger partial charge in [-0.25, -0.2) is 8.42 Å². The minimum atomic E-state index is -3.09. The van der Waals surface area contributed by atoms with Crippen LogP contribution in [0, 0.1) is 0 Å². The lowest BCUT2D eigenvalue weighted by molar-refractivity contribution is -0.128. The Morgan fingerprint density at radius 1 is 1.21 bits per heavy atom. The summed E-state index contributed by atoms with van der Waals surface area (Å²) in [6, 6.07) is 11.4. The number of hydrogen-bond donors (Lipinski definition) is 0. The van der Waals surface area contributed by atoms with Gasteiger partial charge in [0.05, 0.1) is 17.8 Å². The third kappa shape index (κ3) is 5.13. The molecule has 0 saturated carbocycles. The molecule has 0 aliphatic carbocycles. The van der Waals surface area contributed by atoms with Crippen LogP contribution in [0.3, 0.4) is 0 Å². The van der Waals surface area contributed by atoms with Gasteiger partial charge in [0, 0.05) is 18.7 Å². The van der Waals surface area contributed by atoms with Crippen LogP contribution in [-0.2, 0) is 26.6 Å². The van der Waals surface area contributed by atoms with Crippen LogP contribution in [0.2, 0.25) is 0 Å². The van der Waals surface area contributed by atoms with Crippen LogP contribution < -0.4 is 0 Å². The molecule has 1 aliphatic rings. The first kappa shape index (κ1) is 20.4. The van der Waals surface area contributed by atoms with Gasteiger partial charge in [-0.3, -0.25) is 4.79 Å². The summed E-state index contributed by atoms with van der Waals surface area (Å²) in [7, 11) is -3.09. The highest BCUT2D eigenvalue weighted by atomic mass is 32.2. The molecule has 6 heteroatoms. The molecule has 1 aliphatic heterocycles. The number of sulfone groups is 1. The number of furan rings is 1. The smallest absolute Gasteiger partial charge is 0.247 e. The third-order valence-electron chi connectivity index (χ3n) is 5.04. The summed E-state index contributed by atoms with van der Waals surface area (Å²) < 4.78 is 29.1. The lowest BCUT2D eigenvalue weighted by Crippen LogP contribution is -2.39. The highest BCUT2D eigenvalue weighted by molar-refractivity contribution is 7.91. The Hall–Kier alpha value is -2.34. The predicted molar refractivity (Wildman–Crippen MR) is 110 cm³/mol. The fraction of sp³-hybridized carbons (Fsp3) is 0.409. The average Bonchev–Trinajstić information content (AvgIpc) is 3.26. The van der Waals surface area contributed by atoms with Crippen molar-refractivity contribution in [2.45, 2.75) is 45.2 Å². The molecular formula is C22H27NO4S.